The van der Waals surface area contributed by atoms with Crippen LogP contribution in [-0.4, -0.2) is 25.5 Å². The molecule has 0 radical (unpaired) electrons. The summed E-state index contributed by atoms with van der Waals surface area (Å²) in [5, 5.41) is 0. The van der Waals surface area contributed by atoms with Crippen molar-refractivity contribution in [2.45, 2.75) is 6.92 Å². The fraction of sp³-hybridized carbons (Fsp3) is 0.176. The Balaban J connectivity index is 1.86. The van der Waals surface area contributed by atoms with Gasteiger partial charge in [-0.15, -0.1) is 0 Å². The third-order valence-corrected chi connectivity index (χ3v) is 3.77. The normalized spacial score (nSPS) is 11.4. The molecule has 22 heavy (non-hydrogen) atoms. The number of pyridine rings is 1. The van der Waals surface area contributed by atoms with E-state index in [4.69, 9.17) is 9.72 Å². The average molecular weight is 292 g/mol. The monoisotopic (exact) mass is 292 g/mol. The van der Waals surface area contributed by atoms with Gasteiger partial charge in [0.2, 0.25) is 0 Å². The van der Waals surface area contributed by atoms with Gasteiger partial charge < -0.3 is 13.7 Å². The van der Waals surface area contributed by atoms with Crippen LogP contribution in [0.5, 0.6) is 5.75 Å². The number of hydrogen-bond donors (Lipinski definition) is 0. The van der Waals surface area contributed by atoms with Crippen LogP contribution in [0.1, 0.15) is 6.92 Å². The van der Waals surface area contributed by atoms with Gasteiger partial charge in [-0.3, -0.25) is 0 Å². The molecule has 0 atom stereocenters. The van der Waals surface area contributed by atoms with Crippen LogP contribution in [0.15, 0.2) is 49.1 Å². The molecule has 0 aliphatic rings. The standard InChI is InChI=1S/C17H16N4O/c1-3-22-16-5-4-8-21-10-14(19-17(16)21)12-6-7-15-13(9-12)18-11-20(15)2/h4-11H,3H2,1-2H3. The first-order valence-corrected chi connectivity index (χ1v) is 7.28. The first-order chi connectivity index (χ1) is 10.8. The molecule has 0 saturated carbocycles. The summed E-state index contributed by atoms with van der Waals surface area (Å²) in [6, 6.07) is 10.1. The average Bonchev–Trinajstić information content (AvgIpc) is 3.12. The minimum Gasteiger partial charge on any atom is -0.490 e. The van der Waals surface area contributed by atoms with E-state index in [0.717, 1.165) is 33.7 Å². The maximum absolute atomic E-state index is 5.64. The number of imidazole rings is 2. The second kappa shape index (κ2) is 4.87. The van der Waals surface area contributed by atoms with Gasteiger partial charge in [-0.05, 0) is 31.2 Å². The number of fused-ring (bicyclic) bond motifs is 2. The quantitative estimate of drug-likeness (QED) is 0.582. The molecule has 5 heteroatoms. The zero-order valence-electron chi connectivity index (χ0n) is 12.5. The van der Waals surface area contributed by atoms with Gasteiger partial charge in [0.1, 0.15) is 0 Å². The highest BCUT2D eigenvalue weighted by atomic mass is 16.5. The molecule has 0 fully saturated rings. The summed E-state index contributed by atoms with van der Waals surface area (Å²) in [7, 11) is 1.99. The van der Waals surface area contributed by atoms with Crippen molar-refractivity contribution >= 4 is 16.7 Å². The number of hydrogen-bond acceptors (Lipinski definition) is 3. The summed E-state index contributed by atoms with van der Waals surface area (Å²) >= 11 is 0. The zero-order chi connectivity index (χ0) is 15.1. The van der Waals surface area contributed by atoms with Gasteiger partial charge >= 0.3 is 0 Å². The third-order valence-electron chi connectivity index (χ3n) is 3.77. The van der Waals surface area contributed by atoms with Crippen LogP contribution in [0.2, 0.25) is 0 Å². The molecule has 4 aromatic rings. The van der Waals surface area contributed by atoms with Crippen molar-refractivity contribution in [3.63, 3.8) is 0 Å². The molecule has 1 aromatic carbocycles. The van der Waals surface area contributed by atoms with Crippen LogP contribution in [0.4, 0.5) is 0 Å². The summed E-state index contributed by atoms with van der Waals surface area (Å²) in [4.78, 5) is 9.13. The summed E-state index contributed by atoms with van der Waals surface area (Å²) < 4.78 is 9.64. The number of ether oxygens (including phenoxy) is 1. The Morgan fingerprint density at radius 1 is 1.23 bits per heavy atom. The smallest absolute Gasteiger partial charge is 0.180 e. The predicted octanol–water partition coefficient (Wildman–Crippen LogP) is 3.29. The predicted molar refractivity (Wildman–Crippen MR) is 86.1 cm³/mol. The van der Waals surface area contributed by atoms with Crippen molar-refractivity contribution in [3.8, 4) is 17.0 Å². The highest BCUT2D eigenvalue weighted by Crippen LogP contribution is 2.26. The molecule has 0 aliphatic carbocycles. The minimum atomic E-state index is 0.627. The fourth-order valence-corrected chi connectivity index (χ4v) is 2.69. The van der Waals surface area contributed by atoms with Crippen LogP contribution in [0.25, 0.3) is 27.9 Å². The van der Waals surface area contributed by atoms with E-state index in [0.29, 0.717) is 6.61 Å². The van der Waals surface area contributed by atoms with E-state index in [1.807, 2.05) is 53.8 Å². The van der Waals surface area contributed by atoms with Crippen LogP contribution in [0, 0.1) is 0 Å². The Hall–Kier alpha value is -2.82. The maximum Gasteiger partial charge on any atom is 0.180 e. The highest BCUT2D eigenvalue weighted by Gasteiger charge is 2.10. The Morgan fingerprint density at radius 3 is 3.00 bits per heavy atom. The molecule has 5 nitrogen and oxygen atoms in total. The zero-order valence-corrected chi connectivity index (χ0v) is 12.5. The number of rotatable bonds is 3. The first kappa shape index (κ1) is 12.9. The van der Waals surface area contributed by atoms with E-state index in [9.17, 15) is 0 Å². The van der Waals surface area contributed by atoms with Gasteiger partial charge in [0.15, 0.2) is 11.4 Å². The number of aromatic nitrogens is 4. The van der Waals surface area contributed by atoms with E-state index in [-0.39, 0.29) is 0 Å². The lowest BCUT2D eigenvalue weighted by atomic mass is 10.1. The van der Waals surface area contributed by atoms with Crippen molar-refractivity contribution in [1.82, 2.24) is 18.9 Å². The minimum absolute atomic E-state index is 0.627. The molecule has 0 saturated heterocycles. The van der Waals surface area contributed by atoms with Crippen LogP contribution in [0.3, 0.4) is 0 Å². The van der Waals surface area contributed by atoms with Crippen LogP contribution < -0.4 is 4.74 Å². The summed E-state index contributed by atoms with van der Waals surface area (Å²) in [6.07, 6.45) is 5.82. The summed E-state index contributed by atoms with van der Waals surface area (Å²) in [6.45, 7) is 2.60. The van der Waals surface area contributed by atoms with Gasteiger partial charge in [0.05, 0.1) is 29.7 Å². The lowest BCUT2D eigenvalue weighted by Crippen LogP contribution is -1.94. The first-order valence-electron chi connectivity index (χ1n) is 7.28. The number of benzene rings is 1. The second-order valence-corrected chi connectivity index (χ2v) is 5.22. The van der Waals surface area contributed by atoms with Crippen molar-refractivity contribution in [2.75, 3.05) is 6.61 Å². The number of nitrogens with zero attached hydrogens (tertiary/aromatic N) is 4. The molecule has 110 valence electrons. The van der Waals surface area contributed by atoms with E-state index < -0.39 is 0 Å². The van der Waals surface area contributed by atoms with Crippen molar-refractivity contribution in [3.05, 3.63) is 49.1 Å². The van der Waals surface area contributed by atoms with E-state index in [1.54, 1.807) is 0 Å². The topological polar surface area (TPSA) is 44.4 Å². The van der Waals surface area contributed by atoms with Crippen molar-refractivity contribution < 1.29 is 4.74 Å². The molecular formula is C17H16N4O. The van der Waals surface area contributed by atoms with Gasteiger partial charge in [-0.25, -0.2) is 9.97 Å². The fourth-order valence-electron chi connectivity index (χ4n) is 2.69. The highest BCUT2D eigenvalue weighted by molar-refractivity contribution is 5.81. The van der Waals surface area contributed by atoms with Crippen LogP contribution >= 0.6 is 0 Å². The van der Waals surface area contributed by atoms with E-state index in [2.05, 4.69) is 23.2 Å². The Labute approximate surface area is 127 Å². The van der Waals surface area contributed by atoms with Crippen LogP contribution in [-0.2, 0) is 7.05 Å². The molecule has 3 heterocycles. The third kappa shape index (κ3) is 1.94. The Morgan fingerprint density at radius 2 is 2.14 bits per heavy atom. The molecule has 3 aromatic heterocycles. The van der Waals surface area contributed by atoms with E-state index in [1.165, 1.54) is 0 Å². The Bertz CT molecular complexity index is 967. The van der Waals surface area contributed by atoms with Crippen molar-refractivity contribution in [2.24, 2.45) is 7.05 Å². The summed E-state index contributed by atoms with van der Waals surface area (Å²) in [5.41, 5.74) is 4.89. The molecule has 0 amide bonds. The lowest BCUT2D eigenvalue weighted by Gasteiger charge is -2.03. The van der Waals surface area contributed by atoms with E-state index >= 15 is 0 Å². The summed E-state index contributed by atoms with van der Waals surface area (Å²) in [5.74, 6) is 0.801. The number of aryl methyl sites for hydroxylation is 1. The molecule has 0 unspecified atom stereocenters. The van der Waals surface area contributed by atoms with Gasteiger partial charge in [-0.1, -0.05) is 6.07 Å². The van der Waals surface area contributed by atoms with Gasteiger partial charge in [0, 0.05) is 25.0 Å². The second-order valence-electron chi connectivity index (χ2n) is 5.22. The van der Waals surface area contributed by atoms with Gasteiger partial charge in [0.25, 0.3) is 0 Å². The Kier molecular flexibility index (Phi) is 2.85. The molecule has 4 rings (SSSR count). The molecule has 0 N–H and O–H groups in total. The molecule has 0 bridgehead atoms. The maximum atomic E-state index is 5.64. The molecule has 0 spiro atoms. The van der Waals surface area contributed by atoms with Crippen molar-refractivity contribution in [1.29, 1.82) is 0 Å². The largest absolute Gasteiger partial charge is 0.490 e. The van der Waals surface area contributed by atoms with Gasteiger partial charge in [-0.2, -0.15) is 0 Å². The molecule has 0 aliphatic heterocycles. The lowest BCUT2D eigenvalue weighted by molar-refractivity contribution is 0.342. The molecular weight excluding hydrogens is 276 g/mol. The SMILES string of the molecule is CCOc1cccn2cc(-c3ccc4c(c3)ncn4C)nc12.